The summed E-state index contributed by atoms with van der Waals surface area (Å²) < 4.78 is 10.6. The Morgan fingerprint density at radius 3 is 2.66 bits per heavy atom. The van der Waals surface area contributed by atoms with Gasteiger partial charge in [-0.1, -0.05) is 19.0 Å². The highest BCUT2D eigenvalue weighted by Gasteiger charge is 2.25. The van der Waals surface area contributed by atoms with Crippen molar-refractivity contribution in [3.05, 3.63) is 54.4 Å². The van der Waals surface area contributed by atoms with Gasteiger partial charge in [0.2, 0.25) is 11.7 Å². The van der Waals surface area contributed by atoms with E-state index in [1.54, 1.807) is 29.5 Å². The van der Waals surface area contributed by atoms with Crippen LogP contribution in [0.4, 0.5) is 5.82 Å². The molecule has 0 bridgehead atoms. The Bertz CT molecular complexity index is 1190. The molecule has 1 amide bonds. The highest BCUT2D eigenvalue weighted by atomic mass is 16.5. The molecule has 1 saturated heterocycles. The van der Waals surface area contributed by atoms with E-state index in [0.717, 1.165) is 11.4 Å². The first kappa shape index (κ1) is 20.0. The molecule has 0 spiro atoms. The quantitative estimate of drug-likeness (QED) is 0.510. The van der Waals surface area contributed by atoms with E-state index < -0.39 is 0 Å². The molecular weight excluding hydrogens is 410 g/mol. The zero-order valence-corrected chi connectivity index (χ0v) is 17.9. The van der Waals surface area contributed by atoms with Gasteiger partial charge >= 0.3 is 0 Å². The van der Waals surface area contributed by atoms with Crippen LogP contribution in [-0.2, 0) is 0 Å². The summed E-state index contributed by atoms with van der Waals surface area (Å²) in [5, 5.41) is 11.0. The molecule has 0 saturated carbocycles. The number of amides is 1. The number of aromatic amines is 1. The zero-order chi connectivity index (χ0) is 22.1. The Kier molecular flexibility index (Phi) is 5.18. The van der Waals surface area contributed by atoms with E-state index in [1.165, 1.54) is 0 Å². The zero-order valence-electron chi connectivity index (χ0n) is 17.9. The molecule has 1 fully saturated rings. The van der Waals surface area contributed by atoms with Gasteiger partial charge in [0.05, 0.1) is 6.26 Å². The smallest absolute Gasteiger partial charge is 0.274 e. The normalized spacial score (nSPS) is 14.3. The lowest BCUT2D eigenvalue weighted by molar-refractivity contribution is 0.0740. The van der Waals surface area contributed by atoms with Gasteiger partial charge in [-0.3, -0.25) is 9.89 Å². The van der Waals surface area contributed by atoms with Crippen LogP contribution in [-0.4, -0.2) is 62.3 Å². The van der Waals surface area contributed by atoms with Crippen LogP contribution in [0.25, 0.3) is 22.8 Å². The monoisotopic (exact) mass is 433 g/mol. The predicted molar refractivity (Wildman–Crippen MR) is 116 cm³/mol. The van der Waals surface area contributed by atoms with Crippen LogP contribution in [0.5, 0.6) is 0 Å². The fourth-order valence-corrected chi connectivity index (χ4v) is 3.58. The van der Waals surface area contributed by atoms with E-state index >= 15 is 0 Å². The Morgan fingerprint density at radius 2 is 2.00 bits per heavy atom. The summed E-state index contributed by atoms with van der Waals surface area (Å²) in [6.07, 6.45) is 3.34. The largest absolute Gasteiger partial charge is 0.463 e. The van der Waals surface area contributed by atoms with Crippen molar-refractivity contribution < 1.29 is 13.7 Å². The van der Waals surface area contributed by atoms with Gasteiger partial charge in [0.25, 0.3) is 5.91 Å². The van der Waals surface area contributed by atoms with Crippen LogP contribution in [0.1, 0.15) is 36.1 Å². The number of rotatable bonds is 5. The van der Waals surface area contributed by atoms with Crippen molar-refractivity contribution in [3.63, 3.8) is 0 Å². The van der Waals surface area contributed by atoms with E-state index in [4.69, 9.17) is 8.94 Å². The van der Waals surface area contributed by atoms with E-state index in [2.05, 4.69) is 30.2 Å². The molecule has 5 heterocycles. The van der Waals surface area contributed by atoms with Crippen molar-refractivity contribution in [1.29, 1.82) is 0 Å². The molecule has 4 aromatic rings. The molecule has 0 aliphatic carbocycles. The number of carbonyl (C=O) groups is 1. The minimum atomic E-state index is -0.0972. The number of nitrogens with zero attached hydrogens (tertiary/aromatic N) is 6. The molecule has 1 aliphatic heterocycles. The van der Waals surface area contributed by atoms with E-state index in [0.29, 0.717) is 55.0 Å². The first-order chi connectivity index (χ1) is 15.6. The second kappa shape index (κ2) is 8.29. The summed E-state index contributed by atoms with van der Waals surface area (Å²) in [7, 11) is 0. The Hall–Kier alpha value is -3.95. The molecule has 0 atom stereocenters. The number of anilines is 1. The maximum absolute atomic E-state index is 12.8. The van der Waals surface area contributed by atoms with Gasteiger partial charge in [0, 0.05) is 49.9 Å². The number of piperazine rings is 1. The Balaban J connectivity index is 1.20. The topological polar surface area (TPSA) is 117 Å². The van der Waals surface area contributed by atoms with Gasteiger partial charge in [-0.25, -0.2) is 4.98 Å². The van der Waals surface area contributed by atoms with Crippen LogP contribution >= 0.6 is 0 Å². The van der Waals surface area contributed by atoms with Crippen molar-refractivity contribution in [2.75, 3.05) is 31.1 Å². The number of nitrogens with one attached hydrogen (secondary N) is 1. The van der Waals surface area contributed by atoms with E-state index in [1.807, 2.05) is 32.0 Å². The first-order valence-electron chi connectivity index (χ1n) is 10.5. The van der Waals surface area contributed by atoms with Crippen molar-refractivity contribution in [2.24, 2.45) is 0 Å². The molecular formula is C22H23N7O3. The Labute approximate surface area is 184 Å². The van der Waals surface area contributed by atoms with Gasteiger partial charge in [0.1, 0.15) is 11.5 Å². The lowest BCUT2D eigenvalue weighted by Crippen LogP contribution is -2.49. The van der Waals surface area contributed by atoms with Gasteiger partial charge in [-0.2, -0.15) is 10.1 Å². The first-order valence-corrected chi connectivity index (χ1v) is 10.5. The second-order valence-electron chi connectivity index (χ2n) is 7.94. The molecule has 1 aliphatic rings. The molecule has 0 unspecified atom stereocenters. The van der Waals surface area contributed by atoms with E-state index in [-0.39, 0.29) is 11.8 Å². The van der Waals surface area contributed by atoms with Crippen molar-refractivity contribution >= 4 is 11.7 Å². The fourth-order valence-electron chi connectivity index (χ4n) is 3.58. The lowest BCUT2D eigenvalue weighted by atomic mass is 10.2. The average Bonchev–Trinajstić information content (AvgIpc) is 3.60. The standard InChI is InChI=1S/C22H23N7O3/c1-14(2)21-24-20(27-32-21)15-5-6-19(23-13-15)28-7-9-29(10-8-28)22(30)17-12-16(25-26-17)18-4-3-11-31-18/h3-6,11-14H,7-10H2,1-2H3,(H,25,26). The molecule has 0 aromatic carbocycles. The van der Waals surface area contributed by atoms with Crippen LogP contribution in [0.3, 0.4) is 0 Å². The maximum atomic E-state index is 12.8. The van der Waals surface area contributed by atoms with Gasteiger partial charge in [0.15, 0.2) is 11.5 Å². The summed E-state index contributed by atoms with van der Waals surface area (Å²) in [6, 6.07) is 9.22. The van der Waals surface area contributed by atoms with E-state index in [9.17, 15) is 4.79 Å². The minimum Gasteiger partial charge on any atom is -0.463 e. The molecule has 1 N–H and O–H groups in total. The molecule has 164 valence electrons. The number of aromatic nitrogens is 5. The van der Waals surface area contributed by atoms with Crippen molar-refractivity contribution in [2.45, 2.75) is 19.8 Å². The number of carbonyl (C=O) groups excluding carboxylic acids is 1. The number of furan rings is 1. The summed E-state index contributed by atoms with van der Waals surface area (Å²) in [6.45, 7) is 6.57. The van der Waals surface area contributed by atoms with Crippen LogP contribution in [0.15, 0.2) is 51.7 Å². The van der Waals surface area contributed by atoms with Crippen LogP contribution in [0, 0.1) is 0 Å². The summed E-state index contributed by atoms with van der Waals surface area (Å²) in [4.78, 5) is 25.8. The number of hydrogen-bond acceptors (Lipinski definition) is 8. The van der Waals surface area contributed by atoms with Gasteiger partial charge in [-0.15, -0.1) is 0 Å². The molecule has 4 aromatic heterocycles. The SMILES string of the molecule is CC(C)c1nc(-c2ccc(N3CCN(C(=O)c4cc(-c5ccco5)[nH]n4)CC3)nc2)no1. The third-order valence-corrected chi connectivity index (χ3v) is 5.42. The number of hydrogen-bond donors (Lipinski definition) is 1. The van der Waals surface area contributed by atoms with Crippen LogP contribution in [0.2, 0.25) is 0 Å². The van der Waals surface area contributed by atoms with Crippen molar-refractivity contribution in [3.8, 4) is 22.8 Å². The fraction of sp³-hybridized carbons (Fsp3) is 0.318. The van der Waals surface area contributed by atoms with Gasteiger partial charge < -0.3 is 18.7 Å². The summed E-state index contributed by atoms with van der Waals surface area (Å²) >= 11 is 0. The third kappa shape index (κ3) is 3.86. The number of H-pyrrole nitrogens is 1. The van der Waals surface area contributed by atoms with Gasteiger partial charge in [-0.05, 0) is 24.3 Å². The van der Waals surface area contributed by atoms with Crippen molar-refractivity contribution in [1.82, 2.24) is 30.2 Å². The number of pyridine rings is 1. The molecule has 10 nitrogen and oxygen atoms in total. The van der Waals surface area contributed by atoms with Crippen LogP contribution < -0.4 is 4.90 Å². The maximum Gasteiger partial charge on any atom is 0.274 e. The molecule has 32 heavy (non-hydrogen) atoms. The molecule has 10 heteroatoms. The predicted octanol–water partition coefficient (Wildman–Crippen LogP) is 3.20. The minimum absolute atomic E-state index is 0.0972. The second-order valence-corrected chi connectivity index (χ2v) is 7.94. The average molecular weight is 433 g/mol. The summed E-state index contributed by atoms with van der Waals surface area (Å²) in [5.74, 6) is 2.74. The molecule has 0 radical (unpaired) electrons. The molecule has 5 rings (SSSR count). The highest BCUT2D eigenvalue weighted by Crippen LogP contribution is 2.22. The highest BCUT2D eigenvalue weighted by molar-refractivity contribution is 5.93. The summed E-state index contributed by atoms with van der Waals surface area (Å²) in [5.41, 5.74) is 1.88. The third-order valence-electron chi connectivity index (χ3n) is 5.42. The lowest BCUT2D eigenvalue weighted by Gasteiger charge is -2.35. The Morgan fingerprint density at radius 1 is 1.16 bits per heavy atom.